The van der Waals surface area contributed by atoms with Crippen LogP contribution < -0.4 is 4.74 Å². The van der Waals surface area contributed by atoms with Crippen molar-refractivity contribution in [2.24, 2.45) is 0 Å². The molecule has 2 aromatic rings. The first-order chi connectivity index (χ1) is 13.9. The smallest absolute Gasteiger partial charge is 0.243 e. The van der Waals surface area contributed by atoms with E-state index in [2.05, 4.69) is 0 Å². The fourth-order valence-electron chi connectivity index (χ4n) is 3.30. The summed E-state index contributed by atoms with van der Waals surface area (Å²) in [5.41, 5.74) is 0.887. The number of hydrogen-bond donors (Lipinski definition) is 0. The SMILES string of the molecule is CCOc1ccc(CC(=O)N2CCCN(S(=O)(=O)c3ccc(F)cc3)CC2)cc1. The van der Waals surface area contributed by atoms with Gasteiger partial charge in [0, 0.05) is 26.2 Å². The zero-order chi connectivity index (χ0) is 20.9. The highest BCUT2D eigenvalue weighted by Crippen LogP contribution is 2.19. The van der Waals surface area contributed by atoms with Crippen LogP contribution in [-0.2, 0) is 21.2 Å². The van der Waals surface area contributed by atoms with Gasteiger partial charge in [-0.1, -0.05) is 12.1 Å². The molecule has 0 bridgehead atoms. The van der Waals surface area contributed by atoms with Gasteiger partial charge in [0.1, 0.15) is 11.6 Å². The van der Waals surface area contributed by atoms with Gasteiger partial charge in [0.15, 0.2) is 0 Å². The van der Waals surface area contributed by atoms with Gasteiger partial charge in [-0.25, -0.2) is 12.8 Å². The largest absolute Gasteiger partial charge is 0.494 e. The standard InChI is InChI=1S/C21H25FN2O4S/c1-2-28-19-8-4-17(5-9-19)16-21(25)23-12-3-13-24(15-14-23)29(26,27)20-10-6-18(22)7-11-20/h4-11H,2-3,12-16H2,1H3. The summed E-state index contributed by atoms with van der Waals surface area (Å²) in [5.74, 6) is 0.251. The zero-order valence-electron chi connectivity index (χ0n) is 16.4. The minimum absolute atomic E-state index is 0.0322. The number of nitrogens with zero attached hydrogens (tertiary/aromatic N) is 2. The van der Waals surface area contributed by atoms with Crippen LogP contribution in [0.2, 0.25) is 0 Å². The maximum Gasteiger partial charge on any atom is 0.243 e. The van der Waals surface area contributed by atoms with Crippen LogP contribution in [0.3, 0.4) is 0 Å². The summed E-state index contributed by atoms with van der Waals surface area (Å²) in [5, 5.41) is 0. The second kappa shape index (κ2) is 9.37. The van der Waals surface area contributed by atoms with Crippen LogP contribution in [0.25, 0.3) is 0 Å². The van der Waals surface area contributed by atoms with E-state index in [4.69, 9.17) is 4.74 Å². The van der Waals surface area contributed by atoms with Crippen molar-refractivity contribution in [1.29, 1.82) is 0 Å². The average Bonchev–Trinajstić information content (AvgIpc) is 2.97. The van der Waals surface area contributed by atoms with Crippen molar-refractivity contribution in [1.82, 2.24) is 9.21 Å². The van der Waals surface area contributed by atoms with Crippen LogP contribution in [0.15, 0.2) is 53.4 Å². The van der Waals surface area contributed by atoms with Crippen LogP contribution in [0.4, 0.5) is 4.39 Å². The summed E-state index contributed by atoms with van der Waals surface area (Å²) in [6.07, 6.45) is 0.812. The van der Waals surface area contributed by atoms with Gasteiger partial charge in [-0.05, 0) is 55.3 Å². The van der Waals surface area contributed by atoms with Crippen molar-refractivity contribution in [2.45, 2.75) is 24.7 Å². The Labute approximate surface area is 170 Å². The van der Waals surface area contributed by atoms with Crippen LogP contribution in [-0.4, -0.2) is 56.3 Å². The van der Waals surface area contributed by atoms with Gasteiger partial charge in [-0.2, -0.15) is 4.31 Å². The van der Waals surface area contributed by atoms with Crippen molar-refractivity contribution < 1.29 is 22.3 Å². The van der Waals surface area contributed by atoms with Crippen molar-refractivity contribution in [3.8, 4) is 5.75 Å². The molecule has 0 unspecified atom stereocenters. The van der Waals surface area contributed by atoms with Crippen molar-refractivity contribution in [3.05, 3.63) is 59.9 Å². The lowest BCUT2D eigenvalue weighted by molar-refractivity contribution is -0.130. The van der Waals surface area contributed by atoms with Crippen LogP contribution >= 0.6 is 0 Å². The van der Waals surface area contributed by atoms with Crippen LogP contribution in [0.5, 0.6) is 5.75 Å². The van der Waals surface area contributed by atoms with Gasteiger partial charge in [0.2, 0.25) is 15.9 Å². The van der Waals surface area contributed by atoms with Gasteiger partial charge in [0.25, 0.3) is 0 Å². The molecule has 0 saturated carbocycles. The Balaban J connectivity index is 1.61. The van der Waals surface area contributed by atoms with E-state index in [0.717, 1.165) is 23.4 Å². The van der Waals surface area contributed by atoms with E-state index in [-0.39, 0.29) is 23.8 Å². The van der Waals surface area contributed by atoms with Crippen molar-refractivity contribution >= 4 is 15.9 Å². The van der Waals surface area contributed by atoms with E-state index in [0.29, 0.717) is 32.7 Å². The Morgan fingerprint density at radius 1 is 1.00 bits per heavy atom. The lowest BCUT2D eigenvalue weighted by Gasteiger charge is -2.22. The van der Waals surface area contributed by atoms with E-state index in [9.17, 15) is 17.6 Å². The van der Waals surface area contributed by atoms with Crippen LogP contribution in [0, 0.1) is 5.82 Å². The molecule has 0 atom stereocenters. The van der Waals surface area contributed by atoms with E-state index >= 15 is 0 Å². The Morgan fingerprint density at radius 2 is 1.69 bits per heavy atom. The molecule has 3 rings (SSSR count). The van der Waals surface area contributed by atoms with E-state index in [1.165, 1.54) is 16.4 Å². The molecular formula is C21H25FN2O4S. The highest BCUT2D eigenvalue weighted by molar-refractivity contribution is 7.89. The summed E-state index contributed by atoms with van der Waals surface area (Å²) in [4.78, 5) is 14.4. The summed E-state index contributed by atoms with van der Waals surface area (Å²) in [6.45, 7) is 3.88. The molecule has 29 heavy (non-hydrogen) atoms. The molecule has 0 aromatic heterocycles. The molecule has 1 aliphatic rings. The molecular weight excluding hydrogens is 395 g/mol. The van der Waals surface area contributed by atoms with Gasteiger partial charge in [0.05, 0.1) is 17.9 Å². The van der Waals surface area contributed by atoms with E-state index in [1.54, 1.807) is 4.90 Å². The summed E-state index contributed by atoms with van der Waals surface area (Å²) in [6, 6.07) is 12.2. The highest BCUT2D eigenvalue weighted by atomic mass is 32.2. The third kappa shape index (κ3) is 5.33. The number of carbonyl (C=O) groups is 1. The normalized spacial score (nSPS) is 15.7. The monoisotopic (exact) mass is 420 g/mol. The minimum Gasteiger partial charge on any atom is -0.494 e. The number of halogens is 1. The lowest BCUT2D eigenvalue weighted by atomic mass is 10.1. The first kappa shape index (κ1) is 21.3. The fourth-order valence-corrected chi connectivity index (χ4v) is 4.77. The van der Waals surface area contributed by atoms with E-state index in [1.807, 2.05) is 31.2 Å². The average molecular weight is 421 g/mol. The zero-order valence-corrected chi connectivity index (χ0v) is 17.2. The van der Waals surface area contributed by atoms with Gasteiger partial charge in [-0.15, -0.1) is 0 Å². The van der Waals surface area contributed by atoms with Gasteiger partial charge >= 0.3 is 0 Å². The van der Waals surface area contributed by atoms with Crippen molar-refractivity contribution in [3.63, 3.8) is 0 Å². The predicted molar refractivity (Wildman–Crippen MR) is 108 cm³/mol. The number of carbonyl (C=O) groups excluding carboxylic acids is 1. The maximum absolute atomic E-state index is 13.1. The Hall–Kier alpha value is -2.45. The third-order valence-corrected chi connectivity index (χ3v) is 6.76. The third-order valence-electron chi connectivity index (χ3n) is 4.85. The predicted octanol–water partition coefficient (Wildman–Crippen LogP) is 2.69. The van der Waals surface area contributed by atoms with Crippen molar-refractivity contribution in [2.75, 3.05) is 32.8 Å². The Kier molecular flexibility index (Phi) is 6.87. The number of rotatable bonds is 6. The quantitative estimate of drug-likeness (QED) is 0.721. The molecule has 8 heteroatoms. The first-order valence-corrected chi connectivity index (χ1v) is 11.1. The van der Waals surface area contributed by atoms with E-state index < -0.39 is 15.8 Å². The number of benzene rings is 2. The van der Waals surface area contributed by atoms with Crippen LogP contribution in [0.1, 0.15) is 18.9 Å². The summed E-state index contributed by atoms with van der Waals surface area (Å²) >= 11 is 0. The van der Waals surface area contributed by atoms with Gasteiger partial charge in [-0.3, -0.25) is 4.79 Å². The lowest BCUT2D eigenvalue weighted by Crippen LogP contribution is -2.38. The molecule has 1 saturated heterocycles. The molecule has 1 fully saturated rings. The maximum atomic E-state index is 13.1. The minimum atomic E-state index is -3.71. The second-order valence-electron chi connectivity index (χ2n) is 6.85. The molecule has 1 aliphatic heterocycles. The molecule has 6 nitrogen and oxygen atoms in total. The summed E-state index contributed by atoms with van der Waals surface area (Å²) < 4.78 is 45.5. The van der Waals surface area contributed by atoms with Gasteiger partial charge < -0.3 is 9.64 Å². The first-order valence-electron chi connectivity index (χ1n) is 9.65. The summed E-state index contributed by atoms with van der Waals surface area (Å²) in [7, 11) is -3.71. The number of sulfonamides is 1. The topological polar surface area (TPSA) is 66.9 Å². The highest BCUT2D eigenvalue weighted by Gasteiger charge is 2.28. The number of ether oxygens (including phenoxy) is 1. The second-order valence-corrected chi connectivity index (χ2v) is 8.78. The molecule has 0 radical (unpaired) electrons. The Morgan fingerprint density at radius 3 is 2.34 bits per heavy atom. The fraction of sp³-hybridized carbons (Fsp3) is 0.381. The molecule has 156 valence electrons. The molecule has 0 aliphatic carbocycles. The number of hydrogen-bond acceptors (Lipinski definition) is 4. The molecule has 0 N–H and O–H groups in total. The molecule has 0 spiro atoms. The molecule has 1 amide bonds. The Bertz CT molecular complexity index is 930. The number of amides is 1. The molecule has 2 aromatic carbocycles. The molecule has 1 heterocycles.